The summed E-state index contributed by atoms with van der Waals surface area (Å²) in [5.41, 5.74) is 2.43. The molecule has 1 fully saturated rings. The predicted molar refractivity (Wildman–Crippen MR) is 99.9 cm³/mol. The Morgan fingerprint density at radius 3 is 2.77 bits per heavy atom. The van der Waals surface area contributed by atoms with Crippen LogP contribution < -0.4 is 19.7 Å². The fourth-order valence-electron chi connectivity index (χ4n) is 2.96. The van der Waals surface area contributed by atoms with Crippen LogP contribution >= 0.6 is 0 Å². The van der Waals surface area contributed by atoms with Crippen LogP contribution in [0, 0.1) is 6.92 Å². The summed E-state index contributed by atoms with van der Waals surface area (Å²) in [5.74, 6) is 1.20. The number of aryl methyl sites for hydroxylation is 1. The second-order valence-electron chi connectivity index (χ2n) is 6.17. The maximum atomic E-state index is 12.1. The first-order valence-electron chi connectivity index (χ1n) is 8.54. The van der Waals surface area contributed by atoms with Crippen molar-refractivity contribution >= 4 is 23.2 Å². The number of hydrogen-bond donors (Lipinski definition) is 1. The minimum absolute atomic E-state index is 0.109. The lowest BCUT2D eigenvalue weighted by molar-refractivity contribution is -0.118. The monoisotopic (exact) mass is 354 g/mol. The predicted octanol–water partition coefficient (Wildman–Crippen LogP) is 3.15. The Kier molecular flexibility index (Phi) is 5.41. The number of hydrogen-bond acceptors (Lipinski definition) is 4. The van der Waals surface area contributed by atoms with E-state index in [0.717, 1.165) is 30.0 Å². The minimum atomic E-state index is -0.253. The molecule has 6 heteroatoms. The van der Waals surface area contributed by atoms with Crippen LogP contribution in [0.25, 0.3) is 0 Å². The highest BCUT2D eigenvalue weighted by Crippen LogP contribution is 2.25. The topological polar surface area (TPSA) is 67.9 Å². The fraction of sp³-hybridized carbons (Fsp3) is 0.300. The number of benzene rings is 2. The van der Waals surface area contributed by atoms with Gasteiger partial charge in [0.15, 0.2) is 6.61 Å². The smallest absolute Gasteiger partial charge is 0.262 e. The summed E-state index contributed by atoms with van der Waals surface area (Å²) in [7, 11) is 1.61. The van der Waals surface area contributed by atoms with Gasteiger partial charge in [-0.2, -0.15) is 0 Å². The number of rotatable bonds is 6. The van der Waals surface area contributed by atoms with E-state index in [1.807, 2.05) is 31.2 Å². The molecule has 0 atom stereocenters. The zero-order valence-corrected chi connectivity index (χ0v) is 15.0. The van der Waals surface area contributed by atoms with Crippen molar-refractivity contribution in [2.75, 3.05) is 30.5 Å². The minimum Gasteiger partial charge on any atom is -0.496 e. The van der Waals surface area contributed by atoms with Gasteiger partial charge in [0, 0.05) is 30.4 Å². The van der Waals surface area contributed by atoms with Gasteiger partial charge in [-0.05, 0) is 49.2 Å². The quantitative estimate of drug-likeness (QED) is 0.865. The van der Waals surface area contributed by atoms with Crippen LogP contribution in [0.1, 0.15) is 18.4 Å². The molecule has 0 unspecified atom stereocenters. The third kappa shape index (κ3) is 4.14. The van der Waals surface area contributed by atoms with Crippen LogP contribution in [-0.2, 0) is 9.59 Å². The Balaban J connectivity index is 1.57. The number of nitrogens with zero attached hydrogens (tertiary/aromatic N) is 1. The largest absolute Gasteiger partial charge is 0.496 e. The molecule has 1 aliphatic rings. The molecule has 0 aliphatic carbocycles. The van der Waals surface area contributed by atoms with Gasteiger partial charge < -0.3 is 19.7 Å². The molecule has 136 valence electrons. The molecular weight excluding hydrogens is 332 g/mol. The molecule has 1 N–H and O–H groups in total. The number of methoxy groups -OCH3 is 1. The van der Waals surface area contributed by atoms with Gasteiger partial charge in [-0.25, -0.2) is 0 Å². The van der Waals surface area contributed by atoms with Crippen molar-refractivity contribution in [2.45, 2.75) is 19.8 Å². The van der Waals surface area contributed by atoms with Gasteiger partial charge in [0.1, 0.15) is 11.5 Å². The maximum Gasteiger partial charge on any atom is 0.262 e. The standard InChI is InChI=1S/C20H22N2O4/c1-14-11-15(8-9-18(14)25-2)21-19(23)13-26-17-6-3-5-16(12-17)22-10-4-7-20(22)24/h3,5-6,8-9,11-12H,4,7,10,13H2,1-2H3,(H,21,23). The van der Waals surface area contributed by atoms with Crippen molar-refractivity contribution in [3.63, 3.8) is 0 Å². The number of nitrogens with one attached hydrogen (secondary N) is 1. The van der Waals surface area contributed by atoms with Gasteiger partial charge in [0.25, 0.3) is 5.91 Å². The van der Waals surface area contributed by atoms with E-state index in [0.29, 0.717) is 17.9 Å². The average Bonchev–Trinajstić information content (AvgIpc) is 3.06. The zero-order valence-electron chi connectivity index (χ0n) is 15.0. The zero-order chi connectivity index (χ0) is 18.5. The number of ether oxygens (including phenoxy) is 2. The summed E-state index contributed by atoms with van der Waals surface area (Å²) in [4.78, 5) is 25.7. The number of amides is 2. The molecule has 0 saturated carbocycles. The molecule has 0 radical (unpaired) electrons. The van der Waals surface area contributed by atoms with Crippen molar-refractivity contribution in [3.05, 3.63) is 48.0 Å². The molecule has 0 bridgehead atoms. The Hall–Kier alpha value is -3.02. The van der Waals surface area contributed by atoms with E-state index in [1.54, 1.807) is 30.2 Å². The van der Waals surface area contributed by atoms with E-state index in [1.165, 1.54) is 0 Å². The highest BCUT2D eigenvalue weighted by atomic mass is 16.5. The molecule has 2 aromatic carbocycles. The Morgan fingerprint density at radius 1 is 1.23 bits per heavy atom. The molecule has 1 aliphatic heterocycles. The lowest BCUT2D eigenvalue weighted by Gasteiger charge is -2.16. The first-order valence-corrected chi connectivity index (χ1v) is 8.54. The molecule has 0 spiro atoms. The molecule has 26 heavy (non-hydrogen) atoms. The van der Waals surface area contributed by atoms with Crippen molar-refractivity contribution in [1.82, 2.24) is 0 Å². The first-order chi connectivity index (χ1) is 12.6. The highest BCUT2D eigenvalue weighted by Gasteiger charge is 2.21. The molecule has 2 amide bonds. The van der Waals surface area contributed by atoms with Crippen LogP contribution in [0.5, 0.6) is 11.5 Å². The first kappa shape index (κ1) is 17.8. The third-order valence-corrected chi connectivity index (χ3v) is 4.25. The maximum absolute atomic E-state index is 12.1. The van der Waals surface area contributed by atoms with Crippen molar-refractivity contribution in [2.24, 2.45) is 0 Å². The van der Waals surface area contributed by atoms with Crippen molar-refractivity contribution in [3.8, 4) is 11.5 Å². The second-order valence-corrected chi connectivity index (χ2v) is 6.17. The number of carbonyl (C=O) groups is 2. The van der Waals surface area contributed by atoms with Crippen LogP contribution in [0.2, 0.25) is 0 Å². The third-order valence-electron chi connectivity index (χ3n) is 4.25. The molecule has 2 aromatic rings. The molecule has 0 aromatic heterocycles. The molecule has 1 saturated heterocycles. The van der Waals surface area contributed by atoms with Gasteiger partial charge in [0.05, 0.1) is 7.11 Å². The molecular formula is C20H22N2O4. The molecule has 1 heterocycles. The number of anilines is 2. The Labute approximate surface area is 152 Å². The van der Waals surface area contributed by atoms with Gasteiger partial charge in [0.2, 0.25) is 5.91 Å². The van der Waals surface area contributed by atoms with E-state index in [4.69, 9.17) is 9.47 Å². The van der Waals surface area contributed by atoms with Crippen LogP contribution in [-0.4, -0.2) is 32.1 Å². The highest BCUT2D eigenvalue weighted by molar-refractivity contribution is 5.95. The fourth-order valence-corrected chi connectivity index (χ4v) is 2.96. The van der Waals surface area contributed by atoms with Crippen LogP contribution in [0.3, 0.4) is 0 Å². The van der Waals surface area contributed by atoms with Gasteiger partial charge in [-0.3, -0.25) is 9.59 Å². The van der Waals surface area contributed by atoms with Crippen molar-refractivity contribution in [1.29, 1.82) is 0 Å². The molecule has 6 nitrogen and oxygen atoms in total. The summed E-state index contributed by atoms with van der Waals surface area (Å²) in [6.45, 7) is 2.53. The number of carbonyl (C=O) groups excluding carboxylic acids is 2. The van der Waals surface area contributed by atoms with Gasteiger partial charge in [-0.1, -0.05) is 6.07 Å². The Morgan fingerprint density at radius 2 is 2.08 bits per heavy atom. The normalized spacial score (nSPS) is 13.6. The summed E-state index contributed by atoms with van der Waals surface area (Å²) < 4.78 is 10.8. The van der Waals surface area contributed by atoms with E-state index < -0.39 is 0 Å². The molecule has 3 rings (SSSR count). The van der Waals surface area contributed by atoms with Gasteiger partial charge in [-0.15, -0.1) is 0 Å². The Bertz CT molecular complexity index is 819. The summed E-state index contributed by atoms with van der Waals surface area (Å²) in [5, 5.41) is 2.80. The van der Waals surface area contributed by atoms with Gasteiger partial charge >= 0.3 is 0 Å². The van der Waals surface area contributed by atoms with Crippen molar-refractivity contribution < 1.29 is 19.1 Å². The summed E-state index contributed by atoms with van der Waals surface area (Å²) >= 11 is 0. The lowest BCUT2D eigenvalue weighted by Crippen LogP contribution is -2.24. The van der Waals surface area contributed by atoms with E-state index >= 15 is 0 Å². The van der Waals surface area contributed by atoms with Crippen LogP contribution in [0.15, 0.2) is 42.5 Å². The lowest BCUT2D eigenvalue weighted by atomic mass is 10.2. The summed E-state index contributed by atoms with van der Waals surface area (Å²) in [6.07, 6.45) is 1.45. The second kappa shape index (κ2) is 7.91. The van der Waals surface area contributed by atoms with Crippen LogP contribution in [0.4, 0.5) is 11.4 Å². The van der Waals surface area contributed by atoms with E-state index in [9.17, 15) is 9.59 Å². The average molecular weight is 354 g/mol. The van der Waals surface area contributed by atoms with E-state index in [-0.39, 0.29) is 18.4 Å². The van der Waals surface area contributed by atoms with E-state index in [2.05, 4.69) is 5.32 Å². The SMILES string of the molecule is COc1ccc(NC(=O)COc2cccc(N3CCCC3=O)c2)cc1C. The summed E-state index contributed by atoms with van der Waals surface area (Å²) in [6, 6.07) is 12.7.